The molecule has 0 unspecified atom stereocenters. The summed E-state index contributed by atoms with van der Waals surface area (Å²) in [7, 11) is -4.36. The lowest BCUT2D eigenvalue weighted by Gasteiger charge is -2.20. The monoisotopic (exact) mass is 307 g/mol. The van der Waals surface area contributed by atoms with E-state index in [1.54, 1.807) is 0 Å². The molecule has 0 aromatic rings. The van der Waals surface area contributed by atoms with Crippen molar-refractivity contribution in [3.63, 3.8) is 0 Å². The minimum absolute atomic E-state index is 0.0612. The van der Waals surface area contributed by atoms with Crippen LogP contribution in [0.2, 0.25) is 0 Å². The molecule has 10 nitrogen and oxygen atoms in total. The van der Waals surface area contributed by atoms with Gasteiger partial charge in [-0.3, -0.25) is 4.52 Å². The smallest absolute Gasteiger partial charge is 0.394 e. The predicted molar refractivity (Wildman–Crippen MR) is 64.1 cm³/mol. The van der Waals surface area contributed by atoms with Crippen molar-refractivity contribution in [1.82, 2.24) is 0 Å². The second-order valence-corrected chi connectivity index (χ2v) is 4.74. The van der Waals surface area contributed by atoms with E-state index < -0.39 is 33.2 Å². The van der Waals surface area contributed by atoms with Crippen molar-refractivity contribution >= 4 is 7.82 Å². The van der Waals surface area contributed by atoms with Crippen LogP contribution in [-0.2, 0) is 13.8 Å². The molecule has 0 aromatic heterocycles. The van der Waals surface area contributed by atoms with Gasteiger partial charge in [-0.15, -0.1) is 0 Å². The van der Waals surface area contributed by atoms with Gasteiger partial charge in [0.05, 0.1) is 51.8 Å². The van der Waals surface area contributed by atoms with Gasteiger partial charge in [-0.05, 0) is 0 Å². The molecule has 0 bridgehead atoms. The second kappa shape index (κ2) is 11.7. The molecule has 0 heterocycles. The highest BCUT2D eigenvalue weighted by atomic mass is 31.2. The first-order valence-corrected chi connectivity index (χ1v) is 6.78. The molecule has 0 atom stereocenters. The van der Waals surface area contributed by atoms with Gasteiger partial charge in [-0.25, -0.2) is 4.57 Å². The molecule has 8 N–H and O–H groups in total. The first kappa shape index (κ1) is 21.2. The summed E-state index contributed by atoms with van der Waals surface area (Å²) >= 11 is 0. The Kier molecular flexibility index (Phi) is 13.0. The normalized spacial score (nSPS) is 11.9. The van der Waals surface area contributed by atoms with Crippen molar-refractivity contribution in [2.75, 3.05) is 46.2 Å². The van der Waals surface area contributed by atoms with Crippen LogP contribution in [0.15, 0.2) is 0 Å². The van der Waals surface area contributed by atoms with E-state index in [-0.39, 0.29) is 26.4 Å². The highest BCUT2D eigenvalue weighted by molar-refractivity contribution is 7.46. The zero-order valence-electron chi connectivity index (χ0n) is 10.4. The SMILES string of the molecule is NC(CO)(CO)CO.O=P(O)(O)OCCOCCO. The summed E-state index contributed by atoms with van der Waals surface area (Å²) in [5.41, 5.74) is 3.94. The quantitative estimate of drug-likeness (QED) is 0.169. The highest BCUT2D eigenvalue weighted by Crippen LogP contribution is 2.35. The summed E-state index contributed by atoms with van der Waals surface area (Å²) in [5, 5.41) is 33.2. The lowest BCUT2D eigenvalue weighted by atomic mass is 10.1. The van der Waals surface area contributed by atoms with Crippen molar-refractivity contribution < 1.29 is 44.0 Å². The van der Waals surface area contributed by atoms with Crippen molar-refractivity contribution in [2.24, 2.45) is 5.73 Å². The first-order valence-electron chi connectivity index (χ1n) is 5.25. The fraction of sp³-hybridized carbons (Fsp3) is 1.00. The number of phosphoric acid groups is 1. The molecule has 19 heavy (non-hydrogen) atoms. The fourth-order valence-corrected chi connectivity index (χ4v) is 0.844. The Morgan fingerprint density at radius 3 is 1.68 bits per heavy atom. The zero-order valence-corrected chi connectivity index (χ0v) is 11.3. The van der Waals surface area contributed by atoms with Crippen LogP contribution >= 0.6 is 7.82 Å². The fourth-order valence-electron chi connectivity index (χ4n) is 0.532. The Morgan fingerprint density at radius 2 is 1.42 bits per heavy atom. The van der Waals surface area contributed by atoms with Crippen LogP contribution in [0, 0.1) is 0 Å². The van der Waals surface area contributed by atoms with Gasteiger partial charge in [0.2, 0.25) is 0 Å². The second-order valence-electron chi connectivity index (χ2n) is 3.50. The number of phosphoric ester groups is 1. The van der Waals surface area contributed by atoms with Gasteiger partial charge >= 0.3 is 7.82 Å². The Labute approximate surface area is 110 Å². The molecule has 0 saturated carbocycles. The first-order chi connectivity index (χ1) is 8.74. The third kappa shape index (κ3) is 15.8. The molecule has 0 aliphatic carbocycles. The van der Waals surface area contributed by atoms with Crippen LogP contribution < -0.4 is 5.73 Å². The van der Waals surface area contributed by atoms with Crippen molar-refractivity contribution in [3.05, 3.63) is 0 Å². The Hall–Kier alpha value is -0.130. The van der Waals surface area contributed by atoms with Crippen LogP contribution in [0.5, 0.6) is 0 Å². The van der Waals surface area contributed by atoms with Crippen LogP contribution in [0.25, 0.3) is 0 Å². The highest BCUT2D eigenvalue weighted by Gasteiger charge is 2.20. The van der Waals surface area contributed by atoms with Crippen LogP contribution in [-0.4, -0.2) is 82.0 Å². The van der Waals surface area contributed by atoms with Gasteiger partial charge in [0.15, 0.2) is 0 Å². The summed E-state index contributed by atoms with van der Waals surface area (Å²) in [6.07, 6.45) is 0. The van der Waals surface area contributed by atoms with Gasteiger partial charge in [0.25, 0.3) is 0 Å². The summed E-state index contributed by atoms with van der Waals surface area (Å²) in [6, 6.07) is 0. The molecule has 0 aromatic carbocycles. The van der Waals surface area contributed by atoms with E-state index in [9.17, 15) is 4.57 Å². The lowest BCUT2D eigenvalue weighted by molar-refractivity contribution is 0.0618. The van der Waals surface area contributed by atoms with Crippen LogP contribution in [0.3, 0.4) is 0 Å². The van der Waals surface area contributed by atoms with E-state index in [1.165, 1.54) is 0 Å². The van der Waals surface area contributed by atoms with Gasteiger partial charge in [0, 0.05) is 0 Å². The maximum atomic E-state index is 10.0. The number of hydrogen-bond acceptors (Lipinski definition) is 8. The third-order valence-corrected chi connectivity index (χ3v) is 2.19. The van der Waals surface area contributed by atoms with E-state index in [0.29, 0.717) is 0 Å². The predicted octanol–water partition coefficient (Wildman–Crippen LogP) is -3.23. The zero-order chi connectivity index (χ0) is 15.4. The van der Waals surface area contributed by atoms with E-state index in [1.807, 2.05) is 0 Å². The number of rotatable bonds is 9. The molecule has 0 amide bonds. The van der Waals surface area contributed by atoms with Crippen LogP contribution in [0.1, 0.15) is 0 Å². The average molecular weight is 307 g/mol. The van der Waals surface area contributed by atoms with Crippen molar-refractivity contribution in [2.45, 2.75) is 5.54 Å². The molecule has 118 valence electrons. The molecule has 0 spiro atoms. The number of ether oxygens (including phenoxy) is 1. The van der Waals surface area contributed by atoms with Crippen molar-refractivity contribution in [3.8, 4) is 0 Å². The molecular formula is C8H22NO9P. The summed E-state index contributed by atoms with van der Waals surface area (Å²) < 4.78 is 18.7. The molecule has 0 rings (SSSR count). The molecule has 0 fully saturated rings. The van der Waals surface area contributed by atoms with Gasteiger partial charge in [-0.2, -0.15) is 0 Å². The summed E-state index contributed by atoms with van der Waals surface area (Å²) in [5.74, 6) is 0. The van der Waals surface area contributed by atoms with Gasteiger partial charge in [0.1, 0.15) is 0 Å². The third-order valence-electron chi connectivity index (χ3n) is 1.67. The molecule has 11 heteroatoms. The van der Waals surface area contributed by atoms with E-state index in [4.69, 9.17) is 35.9 Å². The summed E-state index contributed by atoms with van der Waals surface area (Å²) in [4.78, 5) is 16.3. The molecule has 0 saturated heterocycles. The largest absolute Gasteiger partial charge is 0.469 e. The standard InChI is InChI=1S/C4H11NO3.C4H11O6P/c5-4(1-6,2-7)3-8;5-1-2-9-3-4-10-11(6,7)8/h6-8H,1-3,5H2;5H,1-4H2,(H2,6,7,8). The van der Waals surface area contributed by atoms with E-state index in [2.05, 4.69) is 9.26 Å². The van der Waals surface area contributed by atoms with Gasteiger partial charge < -0.3 is 40.7 Å². The topological polar surface area (TPSA) is 183 Å². The number of nitrogens with two attached hydrogens (primary N) is 1. The number of aliphatic hydroxyl groups is 4. The number of aliphatic hydroxyl groups excluding tert-OH is 4. The number of hydrogen-bond donors (Lipinski definition) is 7. The minimum Gasteiger partial charge on any atom is -0.394 e. The molecule has 0 radical (unpaired) electrons. The Morgan fingerprint density at radius 1 is 0.947 bits per heavy atom. The van der Waals surface area contributed by atoms with Gasteiger partial charge in [-0.1, -0.05) is 0 Å². The molecule has 0 aliphatic rings. The Balaban J connectivity index is 0. The molecular weight excluding hydrogens is 285 g/mol. The summed E-state index contributed by atoms with van der Waals surface area (Å²) in [6.45, 7) is -1.30. The van der Waals surface area contributed by atoms with Crippen LogP contribution in [0.4, 0.5) is 0 Å². The van der Waals surface area contributed by atoms with E-state index in [0.717, 1.165) is 0 Å². The van der Waals surface area contributed by atoms with E-state index >= 15 is 0 Å². The maximum absolute atomic E-state index is 10.0. The lowest BCUT2D eigenvalue weighted by Crippen LogP contribution is -2.50. The van der Waals surface area contributed by atoms with Crippen molar-refractivity contribution in [1.29, 1.82) is 0 Å². The maximum Gasteiger partial charge on any atom is 0.469 e. The minimum atomic E-state index is -4.36. The average Bonchev–Trinajstić information content (AvgIpc) is 2.37. The molecule has 0 aliphatic heterocycles. The Bertz CT molecular complexity index is 234.